The normalized spacial score (nSPS) is 18.7. The van der Waals surface area contributed by atoms with Crippen molar-refractivity contribution in [2.24, 2.45) is 0 Å². The van der Waals surface area contributed by atoms with E-state index in [9.17, 15) is 13.6 Å². The molecular formula is C21H25F2N2O3S+. The molecule has 0 bridgehead atoms. The van der Waals surface area contributed by atoms with Gasteiger partial charge < -0.3 is 19.7 Å². The van der Waals surface area contributed by atoms with E-state index in [2.05, 4.69) is 5.32 Å². The lowest BCUT2D eigenvalue weighted by Crippen LogP contribution is -3.11. The van der Waals surface area contributed by atoms with E-state index in [1.165, 1.54) is 4.90 Å². The summed E-state index contributed by atoms with van der Waals surface area (Å²) < 4.78 is 35.6. The van der Waals surface area contributed by atoms with Gasteiger partial charge in [0.1, 0.15) is 17.5 Å². The van der Waals surface area contributed by atoms with Crippen LogP contribution in [-0.2, 0) is 4.79 Å². The summed E-state index contributed by atoms with van der Waals surface area (Å²) in [7, 11) is 3.25. The third-order valence-electron chi connectivity index (χ3n) is 5.05. The Morgan fingerprint density at radius 2 is 1.97 bits per heavy atom. The Labute approximate surface area is 173 Å². The van der Waals surface area contributed by atoms with Crippen molar-refractivity contribution in [2.75, 3.05) is 32.6 Å². The predicted octanol–water partition coefficient (Wildman–Crippen LogP) is 3.38. The Morgan fingerprint density at radius 3 is 2.62 bits per heavy atom. The van der Waals surface area contributed by atoms with Crippen LogP contribution in [0.25, 0.3) is 0 Å². The molecular weight excluding hydrogens is 398 g/mol. The molecule has 156 valence electrons. The van der Waals surface area contributed by atoms with Gasteiger partial charge in [0.15, 0.2) is 6.54 Å². The SMILES string of the molecule is COc1ccc([C@@H]2CCC[NH+]2CC(=O)Nc2ccc(SC(F)F)cc2)c(OC)c1. The molecule has 2 atom stereocenters. The Balaban J connectivity index is 1.64. The molecule has 1 aliphatic heterocycles. The average molecular weight is 424 g/mol. The van der Waals surface area contributed by atoms with Crippen molar-refractivity contribution in [2.45, 2.75) is 29.5 Å². The fraction of sp³-hybridized carbons (Fsp3) is 0.381. The molecule has 0 aliphatic carbocycles. The van der Waals surface area contributed by atoms with E-state index in [4.69, 9.17) is 9.47 Å². The highest BCUT2D eigenvalue weighted by Gasteiger charge is 2.33. The molecule has 0 radical (unpaired) electrons. The van der Waals surface area contributed by atoms with Crippen LogP contribution < -0.4 is 19.7 Å². The molecule has 2 aromatic rings. The first kappa shape index (κ1) is 21.4. The molecule has 8 heteroatoms. The lowest BCUT2D eigenvalue weighted by molar-refractivity contribution is -0.910. The number of thioether (sulfide) groups is 1. The molecule has 0 spiro atoms. The molecule has 3 rings (SSSR count). The first-order valence-corrected chi connectivity index (χ1v) is 10.3. The van der Waals surface area contributed by atoms with E-state index in [1.807, 2.05) is 18.2 Å². The summed E-state index contributed by atoms with van der Waals surface area (Å²) in [5.41, 5.74) is 1.67. The second-order valence-corrected chi connectivity index (χ2v) is 7.90. The molecule has 1 unspecified atom stereocenters. The fourth-order valence-corrected chi connectivity index (χ4v) is 4.23. The standard InChI is InChI=1S/C21H24F2N2O3S/c1-27-15-7-10-17(19(12-15)28-2)18-4-3-11-25(18)13-20(26)24-14-5-8-16(9-6-14)29-21(22)23/h5-10,12,18,21H,3-4,11,13H2,1-2H3,(H,24,26)/p+1/t18-/m0/s1. The highest BCUT2D eigenvalue weighted by molar-refractivity contribution is 7.99. The highest BCUT2D eigenvalue weighted by Crippen LogP contribution is 2.31. The molecule has 1 heterocycles. The van der Waals surface area contributed by atoms with Crippen LogP contribution in [0.5, 0.6) is 11.5 Å². The summed E-state index contributed by atoms with van der Waals surface area (Å²) >= 11 is 0.485. The van der Waals surface area contributed by atoms with E-state index >= 15 is 0 Å². The number of halogens is 2. The number of hydrogen-bond acceptors (Lipinski definition) is 4. The zero-order valence-electron chi connectivity index (χ0n) is 16.4. The van der Waals surface area contributed by atoms with Gasteiger partial charge in [0, 0.05) is 29.5 Å². The van der Waals surface area contributed by atoms with Gasteiger partial charge in [-0.25, -0.2) is 0 Å². The molecule has 2 N–H and O–H groups in total. The van der Waals surface area contributed by atoms with E-state index in [0.717, 1.165) is 36.4 Å². The van der Waals surface area contributed by atoms with Crippen molar-refractivity contribution < 1.29 is 27.9 Å². The predicted molar refractivity (Wildman–Crippen MR) is 109 cm³/mol. The smallest absolute Gasteiger partial charge is 0.288 e. The van der Waals surface area contributed by atoms with E-state index in [-0.39, 0.29) is 11.9 Å². The maximum atomic E-state index is 12.6. The van der Waals surface area contributed by atoms with Crippen LogP contribution in [0.2, 0.25) is 0 Å². The molecule has 2 aromatic carbocycles. The number of rotatable bonds is 8. The minimum Gasteiger partial charge on any atom is -0.497 e. The maximum Gasteiger partial charge on any atom is 0.288 e. The number of ether oxygens (including phenoxy) is 2. The number of methoxy groups -OCH3 is 2. The molecule has 1 aliphatic rings. The summed E-state index contributed by atoms with van der Waals surface area (Å²) in [4.78, 5) is 14.2. The van der Waals surface area contributed by atoms with Gasteiger partial charge in [0.05, 0.1) is 26.3 Å². The largest absolute Gasteiger partial charge is 0.497 e. The van der Waals surface area contributed by atoms with Crippen molar-refractivity contribution in [1.29, 1.82) is 0 Å². The van der Waals surface area contributed by atoms with Crippen molar-refractivity contribution in [1.82, 2.24) is 0 Å². The van der Waals surface area contributed by atoms with Gasteiger partial charge >= 0.3 is 0 Å². The minimum absolute atomic E-state index is 0.103. The van der Waals surface area contributed by atoms with Gasteiger partial charge in [-0.2, -0.15) is 8.78 Å². The van der Waals surface area contributed by atoms with E-state index in [0.29, 0.717) is 28.9 Å². The van der Waals surface area contributed by atoms with Crippen LogP contribution in [0.4, 0.5) is 14.5 Å². The topological polar surface area (TPSA) is 52.0 Å². The molecule has 29 heavy (non-hydrogen) atoms. The lowest BCUT2D eigenvalue weighted by atomic mass is 10.0. The van der Waals surface area contributed by atoms with Gasteiger partial charge in [-0.15, -0.1) is 0 Å². The van der Waals surface area contributed by atoms with E-state index < -0.39 is 5.76 Å². The lowest BCUT2D eigenvalue weighted by Gasteiger charge is -2.23. The van der Waals surface area contributed by atoms with E-state index in [1.54, 1.807) is 38.5 Å². The number of carbonyl (C=O) groups is 1. The number of hydrogen-bond donors (Lipinski definition) is 2. The molecule has 1 amide bonds. The number of nitrogens with one attached hydrogen (secondary N) is 2. The number of amides is 1. The van der Waals surface area contributed by atoms with Gasteiger partial charge in [-0.3, -0.25) is 4.79 Å². The van der Waals surface area contributed by atoms with Crippen molar-refractivity contribution >= 4 is 23.4 Å². The van der Waals surface area contributed by atoms with Crippen LogP contribution in [-0.4, -0.2) is 39.0 Å². The average Bonchev–Trinajstić information content (AvgIpc) is 3.16. The van der Waals surface area contributed by atoms with Crippen LogP contribution in [0, 0.1) is 0 Å². The third kappa shape index (κ3) is 5.61. The van der Waals surface area contributed by atoms with Crippen LogP contribution >= 0.6 is 11.8 Å². The van der Waals surface area contributed by atoms with Crippen molar-refractivity contribution in [3.05, 3.63) is 48.0 Å². The monoisotopic (exact) mass is 423 g/mol. The van der Waals surface area contributed by atoms with Gasteiger partial charge in [-0.1, -0.05) is 11.8 Å². The molecule has 5 nitrogen and oxygen atoms in total. The second-order valence-electron chi connectivity index (χ2n) is 6.84. The number of quaternary nitrogens is 1. The van der Waals surface area contributed by atoms with Crippen LogP contribution in [0.15, 0.2) is 47.4 Å². The number of carbonyl (C=O) groups excluding carboxylic acids is 1. The zero-order chi connectivity index (χ0) is 20.8. The number of benzene rings is 2. The summed E-state index contributed by atoms with van der Waals surface area (Å²) in [6.45, 7) is 1.23. The molecule has 1 fully saturated rings. The quantitative estimate of drug-likeness (QED) is 0.640. The van der Waals surface area contributed by atoms with Gasteiger partial charge in [0.25, 0.3) is 11.7 Å². The number of anilines is 1. The van der Waals surface area contributed by atoms with Crippen molar-refractivity contribution in [3.63, 3.8) is 0 Å². The highest BCUT2D eigenvalue weighted by atomic mass is 32.2. The Morgan fingerprint density at radius 1 is 1.21 bits per heavy atom. The van der Waals surface area contributed by atoms with Crippen molar-refractivity contribution in [3.8, 4) is 11.5 Å². The Bertz CT molecular complexity index is 833. The maximum absolute atomic E-state index is 12.6. The molecule has 0 saturated carbocycles. The molecule has 1 saturated heterocycles. The number of alkyl halides is 2. The number of likely N-dealkylation sites (tertiary alicyclic amines) is 1. The summed E-state index contributed by atoms with van der Waals surface area (Å²) in [6, 6.07) is 12.4. The first-order valence-electron chi connectivity index (χ1n) is 9.41. The first-order chi connectivity index (χ1) is 14.0. The van der Waals surface area contributed by atoms with Gasteiger partial charge in [-0.05, 0) is 36.4 Å². The van der Waals surface area contributed by atoms with Crippen LogP contribution in [0.1, 0.15) is 24.4 Å². The Kier molecular flexibility index (Phi) is 7.33. The third-order valence-corrected chi connectivity index (χ3v) is 5.77. The van der Waals surface area contributed by atoms with Gasteiger partial charge in [0.2, 0.25) is 0 Å². The summed E-state index contributed by atoms with van der Waals surface area (Å²) in [5, 5.41) is 2.86. The van der Waals surface area contributed by atoms with Crippen LogP contribution in [0.3, 0.4) is 0 Å². The minimum atomic E-state index is -2.46. The second kappa shape index (κ2) is 9.93. The zero-order valence-corrected chi connectivity index (χ0v) is 17.2. The summed E-state index contributed by atoms with van der Waals surface area (Å²) in [5.74, 6) is -1.06. The summed E-state index contributed by atoms with van der Waals surface area (Å²) in [6.07, 6.45) is 2.01. The fourth-order valence-electron chi connectivity index (χ4n) is 3.74. The molecule has 0 aromatic heterocycles. The Hall–Kier alpha value is -2.32.